The van der Waals surface area contributed by atoms with Crippen molar-refractivity contribution in [1.29, 1.82) is 5.41 Å². The number of benzene rings is 1. The van der Waals surface area contributed by atoms with Crippen LogP contribution in [0.3, 0.4) is 0 Å². The van der Waals surface area contributed by atoms with Gasteiger partial charge in [0, 0.05) is 24.1 Å². The van der Waals surface area contributed by atoms with Crippen LogP contribution in [0.4, 0.5) is 0 Å². The molecule has 5 heteroatoms. The topological polar surface area (TPSA) is 91.3 Å². The second-order valence-corrected chi connectivity index (χ2v) is 7.92. The van der Waals surface area contributed by atoms with Crippen LogP contribution in [0.2, 0.25) is 0 Å². The maximum absolute atomic E-state index is 12.4. The minimum atomic E-state index is -0.0586. The lowest BCUT2D eigenvalue weighted by molar-refractivity contribution is 0.0937. The SMILES string of the molecule is CCCCC(N)=NC(=N)c1ccc(C(=O)NCC2CCCC2(C)C)cc1. The van der Waals surface area contributed by atoms with E-state index >= 15 is 0 Å². The molecule has 5 nitrogen and oxygen atoms in total. The number of amidine groups is 2. The summed E-state index contributed by atoms with van der Waals surface area (Å²) in [5.74, 6) is 1.10. The van der Waals surface area contributed by atoms with Crippen LogP contribution in [0, 0.1) is 16.7 Å². The van der Waals surface area contributed by atoms with Crippen molar-refractivity contribution in [2.75, 3.05) is 6.54 Å². The summed E-state index contributed by atoms with van der Waals surface area (Å²) in [7, 11) is 0. The Hall–Kier alpha value is -2.17. The minimum Gasteiger partial charge on any atom is -0.387 e. The fraction of sp³-hybridized carbons (Fsp3) is 0.571. The molecule has 4 N–H and O–H groups in total. The molecule has 0 aromatic heterocycles. The Bertz CT molecular complexity index is 661. The smallest absolute Gasteiger partial charge is 0.251 e. The van der Waals surface area contributed by atoms with Crippen molar-refractivity contribution in [3.8, 4) is 0 Å². The van der Waals surface area contributed by atoms with Crippen molar-refractivity contribution < 1.29 is 4.79 Å². The van der Waals surface area contributed by atoms with Gasteiger partial charge in [-0.3, -0.25) is 10.2 Å². The standard InChI is InChI=1S/C21H32N4O/c1-4-5-8-18(22)25-19(23)15-9-11-16(12-10-15)20(26)24-14-17-7-6-13-21(17,2)3/h9-12,17H,4-8,13-14H2,1-3H3,(H,24,26)(H3,22,23,25). The Morgan fingerprint density at radius 2 is 1.96 bits per heavy atom. The van der Waals surface area contributed by atoms with E-state index in [1.54, 1.807) is 24.3 Å². The first-order valence-corrected chi connectivity index (χ1v) is 9.63. The van der Waals surface area contributed by atoms with Crippen LogP contribution in [0.25, 0.3) is 0 Å². The maximum Gasteiger partial charge on any atom is 0.251 e. The normalized spacial score (nSPS) is 19.3. The van der Waals surface area contributed by atoms with Gasteiger partial charge in [0.1, 0.15) is 5.84 Å². The highest BCUT2D eigenvalue weighted by Gasteiger charge is 2.34. The number of aliphatic imine (C=N–C) groups is 1. The molecule has 26 heavy (non-hydrogen) atoms. The van der Waals surface area contributed by atoms with E-state index in [0.29, 0.717) is 34.7 Å². The predicted octanol–water partition coefficient (Wildman–Crippen LogP) is 4.12. The van der Waals surface area contributed by atoms with Gasteiger partial charge >= 0.3 is 0 Å². The number of amides is 1. The number of carbonyl (C=O) groups excluding carboxylic acids is 1. The third-order valence-electron chi connectivity index (χ3n) is 5.45. The third kappa shape index (κ3) is 5.41. The van der Waals surface area contributed by atoms with Gasteiger partial charge in [0.15, 0.2) is 5.84 Å². The number of nitrogens with two attached hydrogens (primary N) is 1. The first kappa shape index (κ1) is 20.1. The van der Waals surface area contributed by atoms with E-state index in [-0.39, 0.29) is 11.7 Å². The van der Waals surface area contributed by atoms with Crippen LogP contribution in [0.15, 0.2) is 29.3 Å². The number of unbranched alkanes of at least 4 members (excludes halogenated alkanes) is 1. The summed E-state index contributed by atoms with van der Waals surface area (Å²) in [6.45, 7) is 7.38. The van der Waals surface area contributed by atoms with Crippen LogP contribution in [0.1, 0.15) is 75.2 Å². The van der Waals surface area contributed by atoms with E-state index in [9.17, 15) is 4.79 Å². The molecule has 1 fully saturated rings. The molecule has 0 spiro atoms. The van der Waals surface area contributed by atoms with E-state index in [0.717, 1.165) is 19.4 Å². The van der Waals surface area contributed by atoms with Crippen LogP contribution in [-0.2, 0) is 0 Å². The summed E-state index contributed by atoms with van der Waals surface area (Å²) in [5.41, 5.74) is 7.43. The molecule has 0 heterocycles. The van der Waals surface area contributed by atoms with Crippen LogP contribution in [0.5, 0.6) is 0 Å². The van der Waals surface area contributed by atoms with Gasteiger partial charge in [0.05, 0.1) is 0 Å². The number of nitrogens with one attached hydrogen (secondary N) is 2. The third-order valence-corrected chi connectivity index (χ3v) is 5.45. The zero-order chi connectivity index (χ0) is 19.2. The monoisotopic (exact) mass is 356 g/mol. The maximum atomic E-state index is 12.4. The van der Waals surface area contributed by atoms with E-state index in [2.05, 4.69) is 31.1 Å². The van der Waals surface area contributed by atoms with Gasteiger partial charge in [0.25, 0.3) is 5.91 Å². The molecule has 1 aromatic rings. The summed E-state index contributed by atoms with van der Waals surface area (Å²) in [6.07, 6.45) is 6.38. The van der Waals surface area contributed by atoms with E-state index in [4.69, 9.17) is 11.1 Å². The quantitative estimate of drug-likeness (QED) is 0.506. The summed E-state index contributed by atoms with van der Waals surface area (Å²) in [4.78, 5) is 16.5. The van der Waals surface area contributed by atoms with Crippen LogP contribution < -0.4 is 11.1 Å². The first-order chi connectivity index (χ1) is 12.3. The summed E-state index contributed by atoms with van der Waals surface area (Å²) in [5, 5.41) is 11.1. The second-order valence-electron chi connectivity index (χ2n) is 7.92. The average molecular weight is 357 g/mol. The number of hydrogen-bond donors (Lipinski definition) is 3. The summed E-state index contributed by atoms with van der Waals surface area (Å²) in [6, 6.07) is 7.01. The molecule has 0 bridgehead atoms. The van der Waals surface area contributed by atoms with Crippen molar-refractivity contribution in [2.45, 2.75) is 59.3 Å². The lowest BCUT2D eigenvalue weighted by atomic mass is 9.82. The Morgan fingerprint density at radius 1 is 1.31 bits per heavy atom. The number of carbonyl (C=O) groups is 1. The fourth-order valence-electron chi connectivity index (χ4n) is 3.50. The summed E-state index contributed by atoms with van der Waals surface area (Å²) >= 11 is 0. The zero-order valence-electron chi connectivity index (χ0n) is 16.3. The molecule has 2 rings (SSSR count). The van der Waals surface area contributed by atoms with Crippen molar-refractivity contribution in [3.05, 3.63) is 35.4 Å². The summed E-state index contributed by atoms with van der Waals surface area (Å²) < 4.78 is 0. The molecule has 142 valence electrons. The Labute approximate surface area is 157 Å². The van der Waals surface area contributed by atoms with Crippen molar-refractivity contribution in [2.24, 2.45) is 22.1 Å². The molecule has 1 unspecified atom stereocenters. The van der Waals surface area contributed by atoms with Gasteiger partial charge in [-0.2, -0.15) is 0 Å². The largest absolute Gasteiger partial charge is 0.387 e. The predicted molar refractivity (Wildman–Crippen MR) is 108 cm³/mol. The van der Waals surface area contributed by atoms with Gasteiger partial charge in [-0.25, -0.2) is 4.99 Å². The highest BCUT2D eigenvalue weighted by atomic mass is 16.1. The molecule has 1 saturated carbocycles. The molecule has 1 amide bonds. The van der Waals surface area contributed by atoms with Crippen molar-refractivity contribution in [3.63, 3.8) is 0 Å². The van der Waals surface area contributed by atoms with Gasteiger partial charge in [-0.05, 0) is 42.7 Å². The van der Waals surface area contributed by atoms with Crippen LogP contribution >= 0.6 is 0 Å². The highest BCUT2D eigenvalue weighted by molar-refractivity contribution is 6.05. The molecule has 0 saturated heterocycles. The van der Waals surface area contributed by atoms with Gasteiger partial charge < -0.3 is 11.1 Å². The molecular formula is C21H32N4O. The average Bonchev–Trinajstić information content (AvgIpc) is 2.96. The van der Waals surface area contributed by atoms with Crippen molar-refractivity contribution in [1.82, 2.24) is 5.32 Å². The highest BCUT2D eigenvalue weighted by Crippen LogP contribution is 2.42. The number of nitrogens with zero attached hydrogens (tertiary/aromatic N) is 1. The molecule has 1 aliphatic carbocycles. The van der Waals surface area contributed by atoms with Crippen molar-refractivity contribution >= 4 is 17.6 Å². The first-order valence-electron chi connectivity index (χ1n) is 9.63. The lowest BCUT2D eigenvalue weighted by Crippen LogP contribution is -2.33. The Kier molecular flexibility index (Phi) is 6.95. The van der Waals surface area contributed by atoms with Crippen LogP contribution in [-0.4, -0.2) is 24.1 Å². The lowest BCUT2D eigenvalue weighted by Gasteiger charge is -2.27. The Morgan fingerprint density at radius 3 is 2.54 bits per heavy atom. The Balaban J connectivity index is 1.92. The minimum absolute atomic E-state index is 0.0586. The molecule has 0 aliphatic heterocycles. The van der Waals surface area contributed by atoms with E-state index in [1.807, 2.05) is 0 Å². The fourth-order valence-corrected chi connectivity index (χ4v) is 3.50. The molecule has 0 radical (unpaired) electrons. The molecular weight excluding hydrogens is 324 g/mol. The van der Waals surface area contributed by atoms with E-state index in [1.165, 1.54) is 19.3 Å². The molecule has 1 aliphatic rings. The zero-order valence-corrected chi connectivity index (χ0v) is 16.3. The van der Waals surface area contributed by atoms with Gasteiger partial charge in [0.2, 0.25) is 0 Å². The second kappa shape index (κ2) is 8.97. The number of rotatable bonds is 7. The number of hydrogen-bond acceptors (Lipinski definition) is 2. The van der Waals surface area contributed by atoms with E-state index < -0.39 is 0 Å². The molecule has 1 aromatic carbocycles. The van der Waals surface area contributed by atoms with Gasteiger partial charge in [-0.15, -0.1) is 0 Å². The van der Waals surface area contributed by atoms with Gasteiger partial charge in [-0.1, -0.05) is 45.7 Å². The molecule has 1 atom stereocenters.